The van der Waals surface area contributed by atoms with E-state index in [2.05, 4.69) is 15.3 Å². The van der Waals surface area contributed by atoms with Crippen molar-refractivity contribution in [2.24, 2.45) is 0 Å². The molecule has 0 unspecified atom stereocenters. The average molecular weight is 446 g/mol. The van der Waals surface area contributed by atoms with Crippen molar-refractivity contribution in [3.8, 4) is 17.0 Å². The number of ether oxygens (including phenoxy) is 1. The van der Waals surface area contributed by atoms with Crippen LogP contribution in [0.5, 0.6) is 5.75 Å². The Hall–Kier alpha value is -3.81. The molecule has 33 heavy (non-hydrogen) atoms. The average Bonchev–Trinajstić information content (AvgIpc) is 3.41. The maximum absolute atomic E-state index is 14.2. The zero-order valence-corrected chi connectivity index (χ0v) is 17.9. The minimum absolute atomic E-state index is 0.0152. The van der Waals surface area contributed by atoms with Crippen LogP contribution in [0.3, 0.4) is 0 Å². The molecule has 2 aromatic carbocycles. The van der Waals surface area contributed by atoms with E-state index in [0.29, 0.717) is 36.4 Å². The fraction of sp³-hybridized carbons (Fsp3) is 0.280. The summed E-state index contributed by atoms with van der Waals surface area (Å²) in [5, 5.41) is 2.86. The molecule has 0 bridgehead atoms. The van der Waals surface area contributed by atoms with Crippen LogP contribution in [0.2, 0.25) is 0 Å². The van der Waals surface area contributed by atoms with E-state index < -0.39 is 0 Å². The van der Waals surface area contributed by atoms with Crippen LogP contribution in [0, 0.1) is 5.82 Å². The molecule has 1 saturated heterocycles. The molecule has 0 aliphatic carbocycles. The number of fused-ring (bicyclic) bond motifs is 1. The van der Waals surface area contributed by atoms with E-state index in [1.54, 1.807) is 23.5 Å². The molecule has 1 N–H and O–H groups in total. The van der Waals surface area contributed by atoms with Crippen molar-refractivity contribution < 1.29 is 18.7 Å². The molecule has 3 heterocycles. The Balaban J connectivity index is 1.18. The molecule has 7 nitrogen and oxygen atoms in total. The standard InChI is InChI=1S/C25H23FN4O3/c26-19-8-17-9-20(33-25(17)21(11-19)22-13-27-6-7-28-22)12-29-23(31)15-30-14-18(10-24(30)32)16-4-2-1-3-5-16/h1-8,11,13,18,20H,9-10,12,14-15H2,(H,29,31)/t18-,20-/m0/s1. The predicted molar refractivity (Wildman–Crippen MR) is 119 cm³/mol. The number of nitrogens with zero attached hydrogens (tertiary/aromatic N) is 3. The lowest BCUT2D eigenvalue weighted by molar-refractivity contribution is -0.133. The molecular weight excluding hydrogens is 423 g/mol. The topological polar surface area (TPSA) is 84.4 Å². The van der Waals surface area contributed by atoms with Crippen LogP contribution in [-0.4, -0.2) is 52.4 Å². The fourth-order valence-electron chi connectivity index (χ4n) is 4.47. The molecule has 8 heteroatoms. The van der Waals surface area contributed by atoms with Gasteiger partial charge in [0.2, 0.25) is 11.8 Å². The molecule has 2 aliphatic rings. The van der Waals surface area contributed by atoms with Crippen molar-refractivity contribution in [3.63, 3.8) is 0 Å². The van der Waals surface area contributed by atoms with Crippen LogP contribution in [0.15, 0.2) is 61.1 Å². The first kappa shape index (κ1) is 21.1. The monoisotopic (exact) mass is 446 g/mol. The van der Waals surface area contributed by atoms with E-state index >= 15 is 0 Å². The zero-order chi connectivity index (χ0) is 22.8. The second-order valence-corrected chi connectivity index (χ2v) is 8.37. The van der Waals surface area contributed by atoms with Crippen LogP contribution in [-0.2, 0) is 16.0 Å². The molecule has 5 rings (SSSR count). The Kier molecular flexibility index (Phi) is 5.73. The van der Waals surface area contributed by atoms with Gasteiger partial charge in [-0.2, -0.15) is 0 Å². The van der Waals surface area contributed by atoms with E-state index in [1.807, 2.05) is 30.3 Å². The van der Waals surface area contributed by atoms with Gasteiger partial charge in [0.15, 0.2) is 0 Å². The lowest BCUT2D eigenvalue weighted by atomic mass is 9.99. The third kappa shape index (κ3) is 4.55. The number of benzene rings is 2. The maximum Gasteiger partial charge on any atom is 0.239 e. The smallest absolute Gasteiger partial charge is 0.239 e. The van der Waals surface area contributed by atoms with Gasteiger partial charge >= 0.3 is 0 Å². The van der Waals surface area contributed by atoms with Gasteiger partial charge in [0.1, 0.15) is 17.7 Å². The SMILES string of the molecule is O=C(CN1C[C@@H](c2ccccc2)CC1=O)NC[C@@H]1Cc2cc(F)cc(-c3cnccn3)c2O1. The zero-order valence-electron chi connectivity index (χ0n) is 17.9. The Bertz CT molecular complexity index is 1170. The van der Waals surface area contributed by atoms with Crippen molar-refractivity contribution >= 4 is 11.8 Å². The van der Waals surface area contributed by atoms with Crippen LogP contribution in [0.4, 0.5) is 4.39 Å². The largest absolute Gasteiger partial charge is 0.487 e. The Morgan fingerprint density at radius 2 is 2.03 bits per heavy atom. The van der Waals surface area contributed by atoms with Gasteiger partial charge in [0, 0.05) is 48.8 Å². The van der Waals surface area contributed by atoms with Crippen molar-refractivity contribution in [1.29, 1.82) is 0 Å². The van der Waals surface area contributed by atoms with Crippen molar-refractivity contribution in [2.45, 2.75) is 24.9 Å². The minimum Gasteiger partial charge on any atom is -0.487 e. The summed E-state index contributed by atoms with van der Waals surface area (Å²) < 4.78 is 20.2. The highest BCUT2D eigenvalue weighted by molar-refractivity contribution is 5.86. The highest BCUT2D eigenvalue weighted by Gasteiger charge is 2.32. The Morgan fingerprint density at radius 1 is 1.18 bits per heavy atom. The number of carbonyl (C=O) groups excluding carboxylic acids is 2. The van der Waals surface area contributed by atoms with Gasteiger partial charge in [-0.25, -0.2) is 4.39 Å². The van der Waals surface area contributed by atoms with Gasteiger partial charge in [-0.1, -0.05) is 30.3 Å². The number of rotatable bonds is 6. The highest BCUT2D eigenvalue weighted by Crippen LogP contribution is 2.38. The van der Waals surface area contributed by atoms with Crippen molar-refractivity contribution in [1.82, 2.24) is 20.2 Å². The van der Waals surface area contributed by atoms with E-state index in [-0.39, 0.29) is 42.7 Å². The molecule has 2 atom stereocenters. The van der Waals surface area contributed by atoms with Crippen molar-refractivity contribution in [2.75, 3.05) is 19.6 Å². The van der Waals surface area contributed by atoms with E-state index in [0.717, 1.165) is 11.1 Å². The van der Waals surface area contributed by atoms with Gasteiger partial charge in [-0.15, -0.1) is 0 Å². The first-order valence-corrected chi connectivity index (χ1v) is 10.9. The molecule has 168 valence electrons. The molecular formula is C25H23FN4O3. The van der Waals surface area contributed by atoms with E-state index in [4.69, 9.17) is 4.74 Å². The second kappa shape index (κ2) is 8.97. The summed E-state index contributed by atoms with van der Waals surface area (Å²) in [6.45, 7) is 0.808. The normalized spacial score (nSPS) is 19.3. The predicted octanol–water partition coefficient (Wildman–Crippen LogP) is 2.72. The number of hydrogen-bond donors (Lipinski definition) is 1. The molecule has 2 amide bonds. The number of aromatic nitrogens is 2. The first-order chi connectivity index (χ1) is 16.1. The van der Waals surface area contributed by atoms with Crippen LogP contribution in [0.25, 0.3) is 11.3 Å². The van der Waals surface area contributed by atoms with Crippen LogP contribution < -0.4 is 10.1 Å². The summed E-state index contributed by atoms with van der Waals surface area (Å²) in [6.07, 6.45) is 5.21. The minimum atomic E-state index is -0.372. The summed E-state index contributed by atoms with van der Waals surface area (Å²) in [5.41, 5.74) is 2.91. The quantitative estimate of drug-likeness (QED) is 0.630. The number of amides is 2. The molecule has 2 aliphatic heterocycles. The van der Waals surface area contributed by atoms with Crippen LogP contribution in [0.1, 0.15) is 23.5 Å². The molecule has 0 radical (unpaired) electrons. The second-order valence-electron chi connectivity index (χ2n) is 8.37. The van der Waals surface area contributed by atoms with Gasteiger partial charge in [-0.05, 0) is 17.7 Å². The van der Waals surface area contributed by atoms with Crippen LogP contribution >= 0.6 is 0 Å². The summed E-state index contributed by atoms with van der Waals surface area (Å²) >= 11 is 0. The molecule has 1 aromatic heterocycles. The third-order valence-corrected chi connectivity index (χ3v) is 6.05. The maximum atomic E-state index is 14.2. The summed E-state index contributed by atoms with van der Waals surface area (Å²) in [5.74, 6) is 0.0397. The summed E-state index contributed by atoms with van der Waals surface area (Å²) in [7, 11) is 0. The lowest BCUT2D eigenvalue weighted by Crippen LogP contribution is -2.41. The summed E-state index contributed by atoms with van der Waals surface area (Å²) in [4.78, 5) is 34.8. The van der Waals surface area contributed by atoms with Crippen molar-refractivity contribution in [3.05, 3.63) is 78.0 Å². The molecule has 3 aromatic rings. The molecule has 1 fully saturated rings. The Labute approximate surface area is 190 Å². The number of halogens is 1. The molecule has 0 saturated carbocycles. The number of nitrogens with one attached hydrogen (secondary N) is 1. The Morgan fingerprint density at radius 3 is 2.82 bits per heavy atom. The first-order valence-electron chi connectivity index (χ1n) is 10.9. The number of likely N-dealkylation sites (tertiary alicyclic amines) is 1. The third-order valence-electron chi connectivity index (χ3n) is 6.05. The van der Waals surface area contributed by atoms with Gasteiger partial charge < -0.3 is 15.0 Å². The van der Waals surface area contributed by atoms with Gasteiger partial charge in [0.05, 0.1) is 25.0 Å². The van der Waals surface area contributed by atoms with E-state index in [1.165, 1.54) is 12.1 Å². The summed E-state index contributed by atoms with van der Waals surface area (Å²) in [6, 6.07) is 12.7. The van der Waals surface area contributed by atoms with Gasteiger partial charge in [-0.3, -0.25) is 19.6 Å². The number of hydrogen-bond acceptors (Lipinski definition) is 5. The van der Waals surface area contributed by atoms with E-state index in [9.17, 15) is 14.0 Å². The molecule has 0 spiro atoms. The highest BCUT2D eigenvalue weighted by atomic mass is 19.1. The fourth-order valence-corrected chi connectivity index (χ4v) is 4.47. The lowest BCUT2D eigenvalue weighted by Gasteiger charge is -2.18. The number of carbonyl (C=O) groups is 2. The van der Waals surface area contributed by atoms with Gasteiger partial charge in [0.25, 0.3) is 0 Å².